The lowest BCUT2D eigenvalue weighted by molar-refractivity contribution is 0.400. The Hall–Kier alpha value is -1.07. The number of hydrogen-bond acceptors (Lipinski definition) is 3. The summed E-state index contributed by atoms with van der Waals surface area (Å²) in [4.78, 5) is 0.399. The first kappa shape index (κ1) is 16.3. The van der Waals surface area contributed by atoms with E-state index in [-0.39, 0.29) is 0 Å². The smallest absolute Gasteiger partial charge is 0.243 e. The molecule has 1 atom stereocenters. The van der Waals surface area contributed by atoms with E-state index in [2.05, 4.69) is 12.2 Å². The summed E-state index contributed by atoms with van der Waals surface area (Å²) in [5, 5.41) is 3.01. The summed E-state index contributed by atoms with van der Waals surface area (Å²) < 4.78 is 27.1. The minimum absolute atomic E-state index is 0.399. The largest absolute Gasteiger partial charge is 0.388 e. The fourth-order valence-corrected chi connectivity index (χ4v) is 4.51. The van der Waals surface area contributed by atoms with Gasteiger partial charge in [-0.15, -0.1) is 0 Å². The maximum Gasteiger partial charge on any atom is 0.243 e. The van der Waals surface area contributed by atoms with Gasteiger partial charge in [0.05, 0.1) is 4.90 Å². The summed E-state index contributed by atoms with van der Waals surface area (Å²) in [6, 6.07) is 7.00. The van der Waals surface area contributed by atoms with E-state index in [9.17, 15) is 8.42 Å². The van der Waals surface area contributed by atoms with Crippen molar-refractivity contribution >= 4 is 15.7 Å². The fraction of sp³-hybridized carbons (Fsp3) is 0.625. The van der Waals surface area contributed by atoms with Gasteiger partial charge in [-0.25, -0.2) is 8.42 Å². The molecule has 1 fully saturated rings. The summed E-state index contributed by atoms with van der Waals surface area (Å²) >= 11 is 0. The van der Waals surface area contributed by atoms with Gasteiger partial charge in [0.15, 0.2) is 0 Å². The third kappa shape index (κ3) is 3.98. The predicted molar refractivity (Wildman–Crippen MR) is 87.0 cm³/mol. The van der Waals surface area contributed by atoms with Crippen molar-refractivity contribution in [1.82, 2.24) is 4.31 Å². The van der Waals surface area contributed by atoms with Gasteiger partial charge in [-0.05, 0) is 49.4 Å². The first-order chi connectivity index (χ1) is 10.1. The number of nitrogens with zero attached hydrogens (tertiary/aromatic N) is 1. The molecule has 0 bridgehead atoms. The molecule has 0 spiro atoms. The topological polar surface area (TPSA) is 49.4 Å². The lowest BCUT2D eigenvalue weighted by Crippen LogP contribution is -2.32. The van der Waals surface area contributed by atoms with Gasteiger partial charge in [-0.1, -0.05) is 19.8 Å². The van der Waals surface area contributed by atoms with Gasteiger partial charge >= 0.3 is 0 Å². The number of hydrogen-bond donors (Lipinski definition) is 1. The minimum atomic E-state index is -3.34. The summed E-state index contributed by atoms with van der Waals surface area (Å²) in [7, 11) is -1.52. The Morgan fingerprint density at radius 2 is 1.90 bits per heavy atom. The van der Waals surface area contributed by atoms with Crippen molar-refractivity contribution in [1.29, 1.82) is 0 Å². The molecule has 1 unspecified atom stereocenters. The van der Waals surface area contributed by atoms with Gasteiger partial charge < -0.3 is 5.32 Å². The van der Waals surface area contributed by atoms with Crippen LogP contribution in [0.25, 0.3) is 0 Å². The molecule has 1 saturated heterocycles. The Kier molecular flexibility index (Phi) is 5.65. The summed E-state index contributed by atoms with van der Waals surface area (Å²) in [5.41, 5.74) is 0.924. The van der Waals surface area contributed by atoms with E-state index in [1.165, 1.54) is 12.8 Å². The molecule has 1 aliphatic rings. The standard InChI is InChI=1S/C16H26N2O2S/c1-3-5-14-6-4-12-18(13-11-14)21(19,20)16-9-7-15(17-2)8-10-16/h7-10,14,17H,3-6,11-13H2,1-2H3. The van der Waals surface area contributed by atoms with Crippen LogP contribution >= 0.6 is 0 Å². The van der Waals surface area contributed by atoms with Crippen LogP contribution in [0.1, 0.15) is 39.0 Å². The molecule has 4 nitrogen and oxygen atoms in total. The van der Waals surface area contributed by atoms with Crippen LogP contribution in [-0.2, 0) is 10.0 Å². The Bertz CT molecular complexity index is 540. The Labute approximate surface area is 128 Å². The molecule has 0 aliphatic carbocycles. The lowest BCUT2D eigenvalue weighted by atomic mass is 9.96. The van der Waals surface area contributed by atoms with E-state index in [0.29, 0.717) is 23.9 Å². The van der Waals surface area contributed by atoms with Gasteiger partial charge in [0.2, 0.25) is 10.0 Å². The van der Waals surface area contributed by atoms with Gasteiger partial charge in [0.25, 0.3) is 0 Å². The summed E-state index contributed by atoms with van der Waals surface area (Å²) in [6.07, 6.45) is 5.51. The highest BCUT2D eigenvalue weighted by molar-refractivity contribution is 7.89. The van der Waals surface area contributed by atoms with Crippen molar-refractivity contribution in [2.45, 2.75) is 43.9 Å². The highest BCUT2D eigenvalue weighted by Crippen LogP contribution is 2.26. The number of anilines is 1. The molecule has 0 aromatic heterocycles. The Balaban J connectivity index is 2.11. The second kappa shape index (κ2) is 7.27. The van der Waals surface area contributed by atoms with Crippen LogP contribution in [0.15, 0.2) is 29.2 Å². The Morgan fingerprint density at radius 1 is 1.19 bits per heavy atom. The van der Waals surface area contributed by atoms with E-state index >= 15 is 0 Å². The van der Waals surface area contributed by atoms with E-state index in [1.807, 2.05) is 19.2 Å². The van der Waals surface area contributed by atoms with Crippen molar-refractivity contribution in [3.8, 4) is 0 Å². The highest BCUT2D eigenvalue weighted by Gasteiger charge is 2.27. The third-order valence-corrected chi connectivity index (χ3v) is 6.20. The van der Waals surface area contributed by atoms with Crippen LogP contribution < -0.4 is 5.32 Å². The third-order valence-electron chi connectivity index (χ3n) is 4.28. The molecule has 2 rings (SSSR count). The maximum atomic E-state index is 12.7. The van der Waals surface area contributed by atoms with E-state index in [4.69, 9.17) is 0 Å². The molecule has 1 aliphatic heterocycles. The number of nitrogens with one attached hydrogen (secondary N) is 1. The molecule has 0 saturated carbocycles. The summed E-state index contributed by atoms with van der Waals surface area (Å²) in [5.74, 6) is 0.682. The van der Waals surface area contributed by atoms with Crippen molar-refractivity contribution in [3.05, 3.63) is 24.3 Å². The predicted octanol–water partition coefficient (Wildman–Crippen LogP) is 3.32. The lowest BCUT2D eigenvalue weighted by Gasteiger charge is -2.20. The molecule has 5 heteroatoms. The molecule has 1 heterocycles. The van der Waals surface area contributed by atoms with Crippen LogP contribution in [0.2, 0.25) is 0 Å². The average molecular weight is 310 g/mol. The average Bonchev–Trinajstić information content (AvgIpc) is 2.74. The van der Waals surface area contributed by atoms with Gasteiger partial charge in [-0.2, -0.15) is 4.31 Å². The molecule has 1 N–H and O–H groups in total. The van der Waals surface area contributed by atoms with Crippen LogP contribution in [-0.4, -0.2) is 32.9 Å². The first-order valence-corrected chi connectivity index (χ1v) is 9.30. The molecule has 118 valence electrons. The monoisotopic (exact) mass is 310 g/mol. The van der Waals surface area contributed by atoms with E-state index in [1.54, 1.807) is 16.4 Å². The van der Waals surface area contributed by atoms with E-state index < -0.39 is 10.0 Å². The molecular formula is C16H26N2O2S. The second-order valence-electron chi connectivity index (χ2n) is 5.76. The zero-order valence-corrected chi connectivity index (χ0v) is 13.8. The SMILES string of the molecule is CCCC1CCCN(S(=O)(=O)c2ccc(NC)cc2)CC1. The van der Waals surface area contributed by atoms with Gasteiger partial charge in [0.1, 0.15) is 0 Å². The van der Waals surface area contributed by atoms with Gasteiger partial charge in [0, 0.05) is 25.8 Å². The normalized spacial score (nSPS) is 21.0. The number of benzene rings is 1. The fourth-order valence-electron chi connectivity index (χ4n) is 3.02. The molecule has 1 aromatic carbocycles. The molecule has 0 radical (unpaired) electrons. The van der Waals surface area contributed by atoms with Crippen LogP contribution in [0.4, 0.5) is 5.69 Å². The zero-order chi connectivity index (χ0) is 15.3. The Morgan fingerprint density at radius 3 is 2.52 bits per heavy atom. The number of rotatable bonds is 5. The van der Waals surface area contributed by atoms with Crippen LogP contribution in [0, 0.1) is 5.92 Å². The highest BCUT2D eigenvalue weighted by atomic mass is 32.2. The first-order valence-electron chi connectivity index (χ1n) is 7.86. The van der Waals surface area contributed by atoms with E-state index in [0.717, 1.165) is 24.9 Å². The van der Waals surface area contributed by atoms with Crippen molar-refractivity contribution in [2.24, 2.45) is 5.92 Å². The second-order valence-corrected chi connectivity index (χ2v) is 7.70. The zero-order valence-electron chi connectivity index (χ0n) is 13.0. The van der Waals surface area contributed by atoms with Crippen LogP contribution in [0.5, 0.6) is 0 Å². The number of sulfonamides is 1. The van der Waals surface area contributed by atoms with Gasteiger partial charge in [-0.3, -0.25) is 0 Å². The molecular weight excluding hydrogens is 284 g/mol. The molecule has 21 heavy (non-hydrogen) atoms. The van der Waals surface area contributed by atoms with Crippen LogP contribution in [0.3, 0.4) is 0 Å². The van der Waals surface area contributed by atoms with Crippen molar-refractivity contribution in [2.75, 3.05) is 25.5 Å². The molecule has 1 aromatic rings. The quantitative estimate of drug-likeness (QED) is 0.907. The maximum absolute atomic E-state index is 12.7. The van der Waals surface area contributed by atoms with Crippen molar-refractivity contribution < 1.29 is 8.42 Å². The summed E-state index contributed by atoms with van der Waals surface area (Å²) in [6.45, 7) is 3.50. The van der Waals surface area contributed by atoms with Crippen molar-refractivity contribution in [3.63, 3.8) is 0 Å². The minimum Gasteiger partial charge on any atom is -0.388 e. The molecule has 0 amide bonds.